The summed E-state index contributed by atoms with van der Waals surface area (Å²) in [5.41, 5.74) is 6.53. The van der Waals surface area contributed by atoms with E-state index in [1.54, 1.807) is 24.3 Å². The molecule has 1 aromatic carbocycles. The van der Waals surface area contributed by atoms with Crippen molar-refractivity contribution in [1.29, 1.82) is 0 Å². The van der Waals surface area contributed by atoms with E-state index in [-0.39, 0.29) is 6.54 Å². The first kappa shape index (κ1) is 12.1. The van der Waals surface area contributed by atoms with Gasteiger partial charge in [0.15, 0.2) is 0 Å². The Balaban J connectivity index is 2.41. The third kappa shape index (κ3) is 2.04. The van der Waals surface area contributed by atoms with Gasteiger partial charge in [-0.05, 0) is 18.6 Å². The van der Waals surface area contributed by atoms with Crippen molar-refractivity contribution in [2.75, 3.05) is 5.32 Å². The molecule has 0 radical (unpaired) electrons. The van der Waals surface area contributed by atoms with Gasteiger partial charge in [-0.15, -0.1) is 0 Å². The molecule has 1 aliphatic heterocycles. The largest absolute Gasteiger partial charge is 0.368 e. The maximum absolute atomic E-state index is 11.9. The first-order valence-corrected chi connectivity index (χ1v) is 5.50. The molecule has 6 heteroatoms. The predicted octanol–water partition coefficient (Wildman–Crippen LogP) is -0.159. The highest BCUT2D eigenvalue weighted by atomic mass is 16.2. The number of hydrogen-bond donors (Lipinski definition) is 2. The summed E-state index contributed by atoms with van der Waals surface area (Å²) in [5.74, 6) is -2.15. The van der Waals surface area contributed by atoms with Gasteiger partial charge in [-0.3, -0.25) is 14.4 Å². The zero-order valence-electron chi connectivity index (χ0n) is 9.84. The number of carbonyl (C=O) groups excluding carboxylic acids is 3. The van der Waals surface area contributed by atoms with E-state index in [1.807, 2.05) is 0 Å². The van der Waals surface area contributed by atoms with Crippen LogP contribution in [0.2, 0.25) is 0 Å². The summed E-state index contributed by atoms with van der Waals surface area (Å²) in [6.45, 7) is 1.68. The SMILES string of the molecule is C[C@H](C(N)=O)N1Cc2ccccc2NC(=O)C1=O. The number of nitrogens with two attached hydrogens (primary N) is 1. The fourth-order valence-corrected chi connectivity index (χ4v) is 1.81. The molecule has 2 rings (SSSR count). The van der Waals surface area contributed by atoms with Crippen LogP contribution >= 0.6 is 0 Å². The van der Waals surface area contributed by atoms with Crippen LogP contribution in [-0.4, -0.2) is 28.7 Å². The molecule has 0 fully saturated rings. The summed E-state index contributed by atoms with van der Waals surface area (Å²) in [6, 6.07) is 6.23. The fourth-order valence-electron chi connectivity index (χ4n) is 1.81. The van der Waals surface area contributed by atoms with E-state index in [1.165, 1.54) is 11.8 Å². The lowest BCUT2D eigenvalue weighted by molar-refractivity contribution is -0.147. The molecule has 6 nitrogen and oxygen atoms in total. The number of nitrogens with zero attached hydrogens (tertiary/aromatic N) is 1. The Morgan fingerprint density at radius 3 is 2.72 bits per heavy atom. The number of anilines is 1. The van der Waals surface area contributed by atoms with E-state index in [2.05, 4.69) is 5.32 Å². The molecular formula is C12H13N3O3. The number of benzene rings is 1. The molecule has 0 aliphatic carbocycles. The Bertz CT molecular complexity index is 527. The average Bonchev–Trinajstić information content (AvgIpc) is 2.47. The summed E-state index contributed by atoms with van der Waals surface area (Å²) in [5, 5.41) is 2.51. The van der Waals surface area contributed by atoms with Gasteiger partial charge in [0.2, 0.25) is 5.91 Å². The van der Waals surface area contributed by atoms with Crippen molar-refractivity contribution in [2.45, 2.75) is 19.5 Å². The van der Waals surface area contributed by atoms with Crippen molar-refractivity contribution in [3.63, 3.8) is 0 Å². The molecule has 1 atom stereocenters. The monoisotopic (exact) mass is 247 g/mol. The van der Waals surface area contributed by atoms with Crippen LogP contribution < -0.4 is 11.1 Å². The second-order valence-corrected chi connectivity index (χ2v) is 4.12. The zero-order chi connectivity index (χ0) is 13.3. The molecule has 1 aliphatic rings. The highest BCUT2D eigenvalue weighted by molar-refractivity contribution is 6.40. The number of nitrogens with one attached hydrogen (secondary N) is 1. The van der Waals surface area contributed by atoms with Crippen LogP contribution in [0.15, 0.2) is 24.3 Å². The van der Waals surface area contributed by atoms with E-state index in [9.17, 15) is 14.4 Å². The van der Waals surface area contributed by atoms with Crippen molar-refractivity contribution in [3.05, 3.63) is 29.8 Å². The third-order valence-electron chi connectivity index (χ3n) is 2.94. The number of primary amides is 1. The highest BCUT2D eigenvalue weighted by Gasteiger charge is 2.32. The molecule has 0 saturated heterocycles. The maximum atomic E-state index is 11.9. The minimum Gasteiger partial charge on any atom is -0.368 e. The maximum Gasteiger partial charge on any atom is 0.313 e. The average molecular weight is 247 g/mol. The van der Waals surface area contributed by atoms with E-state index >= 15 is 0 Å². The van der Waals surface area contributed by atoms with Crippen molar-refractivity contribution in [3.8, 4) is 0 Å². The van der Waals surface area contributed by atoms with Crippen LogP contribution in [0.3, 0.4) is 0 Å². The number of amides is 3. The van der Waals surface area contributed by atoms with E-state index in [0.29, 0.717) is 5.69 Å². The zero-order valence-corrected chi connectivity index (χ0v) is 9.84. The molecule has 0 aromatic heterocycles. The fraction of sp³-hybridized carbons (Fsp3) is 0.250. The molecule has 3 N–H and O–H groups in total. The van der Waals surface area contributed by atoms with E-state index in [0.717, 1.165) is 5.56 Å². The smallest absolute Gasteiger partial charge is 0.313 e. The van der Waals surface area contributed by atoms with Gasteiger partial charge >= 0.3 is 11.8 Å². The molecule has 18 heavy (non-hydrogen) atoms. The van der Waals surface area contributed by atoms with Gasteiger partial charge in [0, 0.05) is 12.2 Å². The molecule has 0 unspecified atom stereocenters. The molecule has 94 valence electrons. The Morgan fingerprint density at radius 2 is 2.06 bits per heavy atom. The summed E-state index contributed by atoms with van der Waals surface area (Å²) < 4.78 is 0. The van der Waals surface area contributed by atoms with Crippen LogP contribution in [0.5, 0.6) is 0 Å². The molecule has 3 amide bonds. The molecule has 0 spiro atoms. The van der Waals surface area contributed by atoms with Gasteiger partial charge in [0.05, 0.1) is 0 Å². The normalized spacial score (nSPS) is 16.6. The summed E-state index contributed by atoms with van der Waals surface area (Å²) in [7, 11) is 0. The van der Waals surface area contributed by atoms with Gasteiger partial charge in [0.25, 0.3) is 0 Å². The summed E-state index contributed by atoms with van der Waals surface area (Å²) in [6.07, 6.45) is 0. The standard InChI is InChI=1S/C12H13N3O3/c1-7(10(13)16)15-6-8-4-2-3-5-9(8)14-11(17)12(15)18/h2-5,7H,6H2,1H3,(H2,13,16)(H,14,17)/t7-/m1/s1. The first-order valence-electron chi connectivity index (χ1n) is 5.50. The Morgan fingerprint density at radius 1 is 1.39 bits per heavy atom. The Hall–Kier alpha value is -2.37. The van der Waals surface area contributed by atoms with Crippen LogP contribution in [-0.2, 0) is 20.9 Å². The number of fused-ring (bicyclic) bond motifs is 1. The van der Waals surface area contributed by atoms with Gasteiger partial charge < -0.3 is 16.0 Å². The second-order valence-electron chi connectivity index (χ2n) is 4.12. The van der Waals surface area contributed by atoms with Crippen LogP contribution in [0.1, 0.15) is 12.5 Å². The highest BCUT2D eigenvalue weighted by Crippen LogP contribution is 2.21. The number of hydrogen-bond acceptors (Lipinski definition) is 3. The lowest BCUT2D eigenvalue weighted by Gasteiger charge is -2.24. The van der Waals surface area contributed by atoms with E-state index < -0.39 is 23.8 Å². The van der Waals surface area contributed by atoms with Crippen LogP contribution in [0.25, 0.3) is 0 Å². The van der Waals surface area contributed by atoms with Gasteiger partial charge in [-0.2, -0.15) is 0 Å². The Labute approximate surface area is 104 Å². The van der Waals surface area contributed by atoms with Crippen LogP contribution in [0.4, 0.5) is 5.69 Å². The summed E-state index contributed by atoms with van der Waals surface area (Å²) >= 11 is 0. The molecule has 0 bridgehead atoms. The predicted molar refractivity (Wildman–Crippen MR) is 64.3 cm³/mol. The minimum atomic E-state index is -0.825. The lowest BCUT2D eigenvalue weighted by atomic mass is 10.1. The number of carbonyl (C=O) groups is 3. The topological polar surface area (TPSA) is 92.5 Å². The Kier molecular flexibility index (Phi) is 3.01. The minimum absolute atomic E-state index is 0.178. The molecule has 1 aromatic rings. The van der Waals surface area contributed by atoms with Gasteiger partial charge in [0.1, 0.15) is 6.04 Å². The number of para-hydroxylation sites is 1. The summed E-state index contributed by atoms with van der Waals surface area (Å²) in [4.78, 5) is 35.9. The van der Waals surface area contributed by atoms with Crippen molar-refractivity contribution in [2.24, 2.45) is 5.73 Å². The van der Waals surface area contributed by atoms with Crippen molar-refractivity contribution >= 4 is 23.4 Å². The molecular weight excluding hydrogens is 234 g/mol. The lowest BCUT2D eigenvalue weighted by Crippen LogP contribution is -2.48. The molecule has 0 saturated carbocycles. The van der Waals surface area contributed by atoms with Gasteiger partial charge in [-0.25, -0.2) is 0 Å². The quantitative estimate of drug-likeness (QED) is 0.711. The van der Waals surface area contributed by atoms with Crippen LogP contribution in [0, 0.1) is 0 Å². The van der Waals surface area contributed by atoms with Crippen molar-refractivity contribution < 1.29 is 14.4 Å². The third-order valence-corrected chi connectivity index (χ3v) is 2.94. The van der Waals surface area contributed by atoms with E-state index in [4.69, 9.17) is 5.73 Å². The second kappa shape index (κ2) is 4.48. The first-order chi connectivity index (χ1) is 8.50. The van der Waals surface area contributed by atoms with Gasteiger partial charge in [-0.1, -0.05) is 18.2 Å². The van der Waals surface area contributed by atoms with Crippen molar-refractivity contribution in [1.82, 2.24) is 4.90 Å². The molecule has 1 heterocycles. The number of rotatable bonds is 2.